The summed E-state index contributed by atoms with van der Waals surface area (Å²) in [5.74, 6) is 1.23. The van der Waals surface area contributed by atoms with Gasteiger partial charge in [-0.3, -0.25) is 0 Å². The molecule has 2 aromatic carbocycles. The molecule has 6 rings (SSSR count). The maximum atomic E-state index is 4.08. The lowest BCUT2D eigenvalue weighted by Gasteiger charge is -2.57. The number of allylic oxidation sites excluding steroid dienone is 2. The van der Waals surface area contributed by atoms with Crippen molar-refractivity contribution >= 4 is 11.4 Å². The topological polar surface area (TPSA) is 15.3 Å². The van der Waals surface area contributed by atoms with Gasteiger partial charge in [-0.2, -0.15) is 0 Å². The van der Waals surface area contributed by atoms with Crippen molar-refractivity contribution in [2.75, 3.05) is 10.2 Å². The summed E-state index contributed by atoms with van der Waals surface area (Å²) in [5.41, 5.74) is 7.77. The highest BCUT2D eigenvalue weighted by Crippen LogP contribution is 2.61. The van der Waals surface area contributed by atoms with Crippen molar-refractivity contribution in [1.29, 1.82) is 0 Å². The van der Waals surface area contributed by atoms with Crippen LogP contribution in [-0.2, 0) is 0 Å². The molecule has 0 saturated heterocycles. The second-order valence-corrected chi connectivity index (χ2v) is 8.82. The Kier molecular flexibility index (Phi) is 3.45. The molecule has 1 N–H and O–H groups in total. The van der Waals surface area contributed by atoms with Crippen molar-refractivity contribution in [3.05, 3.63) is 71.4 Å². The molecule has 1 spiro atoms. The van der Waals surface area contributed by atoms with E-state index in [-0.39, 0.29) is 5.66 Å². The van der Waals surface area contributed by atoms with Crippen LogP contribution >= 0.6 is 0 Å². The number of nitrogens with zero attached hydrogens (tertiary/aromatic N) is 1. The monoisotopic (exact) mass is 356 g/mol. The molecule has 2 aliphatic heterocycles. The molecule has 27 heavy (non-hydrogen) atoms. The molecule has 1 saturated carbocycles. The zero-order chi connectivity index (χ0) is 17.8. The van der Waals surface area contributed by atoms with Gasteiger partial charge in [-0.05, 0) is 68.2 Å². The second kappa shape index (κ2) is 5.89. The van der Waals surface area contributed by atoms with Gasteiger partial charge in [0.1, 0.15) is 5.66 Å². The average molecular weight is 357 g/mol. The first-order chi connectivity index (χ1) is 13.4. The number of fused-ring (bicyclic) bond motifs is 3. The Morgan fingerprint density at radius 3 is 2.59 bits per heavy atom. The van der Waals surface area contributed by atoms with Gasteiger partial charge in [-0.1, -0.05) is 48.9 Å². The molecule has 2 heteroatoms. The molecule has 0 bridgehead atoms. The lowest BCUT2D eigenvalue weighted by Crippen LogP contribution is -2.62. The Bertz CT molecular complexity index is 900. The summed E-state index contributed by atoms with van der Waals surface area (Å²) in [5, 5.41) is 4.08. The predicted octanol–water partition coefficient (Wildman–Crippen LogP) is 6.43. The van der Waals surface area contributed by atoms with Crippen molar-refractivity contribution in [3.8, 4) is 0 Å². The van der Waals surface area contributed by atoms with Crippen molar-refractivity contribution < 1.29 is 0 Å². The SMILES string of the molecule is c1ccc([C@H]2C3=C(CCCC3)N3c4ccccc4N[C@]34CCCC[C@H]24)cc1. The lowest BCUT2D eigenvalue weighted by molar-refractivity contribution is 0.176. The molecule has 0 unspecified atom stereocenters. The normalized spacial score (nSPS) is 31.5. The van der Waals surface area contributed by atoms with E-state index < -0.39 is 0 Å². The van der Waals surface area contributed by atoms with Gasteiger partial charge in [0.05, 0.1) is 11.4 Å². The minimum atomic E-state index is 0.0820. The van der Waals surface area contributed by atoms with Gasteiger partial charge in [0.15, 0.2) is 0 Å². The third-order valence-corrected chi connectivity index (χ3v) is 7.52. The van der Waals surface area contributed by atoms with E-state index in [0.717, 1.165) is 0 Å². The summed E-state index contributed by atoms with van der Waals surface area (Å²) in [6.07, 6.45) is 10.5. The van der Waals surface area contributed by atoms with E-state index in [1.807, 2.05) is 0 Å². The Labute approximate surface area is 162 Å². The first-order valence-electron chi connectivity index (χ1n) is 10.8. The summed E-state index contributed by atoms with van der Waals surface area (Å²) < 4.78 is 0. The molecule has 0 amide bonds. The van der Waals surface area contributed by atoms with Crippen LogP contribution in [0.3, 0.4) is 0 Å². The van der Waals surface area contributed by atoms with Gasteiger partial charge in [-0.25, -0.2) is 0 Å². The summed E-state index contributed by atoms with van der Waals surface area (Å²) >= 11 is 0. The van der Waals surface area contributed by atoms with Gasteiger partial charge in [0, 0.05) is 17.5 Å². The van der Waals surface area contributed by atoms with Crippen LogP contribution in [-0.4, -0.2) is 5.66 Å². The van der Waals surface area contributed by atoms with Gasteiger partial charge < -0.3 is 10.2 Å². The van der Waals surface area contributed by atoms with Crippen LogP contribution in [0.1, 0.15) is 62.8 Å². The quantitative estimate of drug-likeness (QED) is 0.633. The molecule has 2 heterocycles. The summed E-state index contributed by atoms with van der Waals surface area (Å²) in [6.45, 7) is 0. The number of rotatable bonds is 1. The predicted molar refractivity (Wildman–Crippen MR) is 112 cm³/mol. The molecule has 1 fully saturated rings. The first kappa shape index (κ1) is 15.8. The van der Waals surface area contributed by atoms with E-state index in [0.29, 0.717) is 11.8 Å². The summed E-state index contributed by atoms with van der Waals surface area (Å²) in [6, 6.07) is 20.4. The number of anilines is 2. The number of benzene rings is 2. The van der Waals surface area contributed by atoms with Crippen LogP contribution < -0.4 is 10.2 Å². The third kappa shape index (κ3) is 2.13. The smallest absolute Gasteiger partial charge is 0.118 e. The number of hydrogen-bond donors (Lipinski definition) is 1. The van der Waals surface area contributed by atoms with Crippen molar-refractivity contribution in [3.63, 3.8) is 0 Å². The minimum absolute atomic E-state index is 0.0820. The average Bonchev–Trinajstić information content (AvgIpc) is 3.06. The van der Waals surface area contributed by atoms with E-state index in [1.165, 1.54) is 68.3 Å². The van der Waals surface area contributed by atoms with Crippen LogP contribution in [0.25, 0.3) is 0 Å². The maximum absolute atomic E-state index is 4.08. The zero-order valence-corrected chi connectivity index (χ0v) is 16.0. The Morgan fingerprint density at radius 1 is 0.852 bits per heavy atom. The first-order valence-corrected chi connectivity index (χ1v) is 10.8. The molecule has 0 aromatic heterocycles. The van der Waals surface area contributed by atoms with Crippen LogP contribution in [0.4, 0.5) is 11.4 Å². The zero-order valence-electron chi connectivity index (χ0n) is 16.0. The van der Waals surface area contributed by atoms with Crippen molar-refractivity contribution in [2.45, 2.75) is 62.9 Å². The Balaban J connectivity index is 1.61. The van der Waals surface area contributed by atoms with Gasteiger partial charge in [0.25, 0.3) is 0 Å². The fourth-order valence-electron chi connectivity index (χ4n) is 6.56. The largest absolute Gasteiger partial charge is 0.360 e. The standard InChI is InChI=1S/C25H28N2/c1-2-10-18(11-3-1)24-19-12-4-6-15-22(19)27-23-16-7-5-14-21(23)26-25(27)17-9-8-13-20(24)25/h1-3,5,7,10-11,14,16,20,24,26H,4,6,8-9,12-13,15,17H2/t20-,24+,25-/m1/s1. The van der Waals surface area contributed by atoms with Crippen LogP contribution in [0.5, 0.6) is 0 Å². The second-order valence-electron chi connectivity index (χ2n) is 8.82. The highest BCUT2D eigenvalue weighted by Gasteiger charge is 2.57. The Morgan fingerprint density at radius 2 is 1.67 bits per heavy atom. The number of hydrogen-bond acceptors (Lipinski definition) is 2. The Hall–Kier alpha value is -2.22. The van der Waals surface area contributed by atoms with E-state index in [2.05, 4.69) is 64.8 Å². The van der Waals surface area contributed by atoms with Crippen LogP contribution in [0.15, 0.2) is 65.9 Å². The third-order valence-electron chi connectivity index (χ3n) is 7.52. The maximum Gasteiger partial charge on any atom is 0.118 e. The fraction of sp³-hybridized carbons (Fsp3) is 0.440. The fourth-order valence-corrected chi connectivity index (χ4v) is 6.56. The van der Waals surface area contributed by atoms with E-state index in [1.54, 1.807) is 11.3 Å². The lowest BCUT2D eigenvalue weighted by atomic mass is 9.62. The molecular weight excluding hydrogens is 328 g/mol. The molecule has 2 nitrogen and oxygen atoms in total. The van der Waals surface area contributed by atoms with Crippen molar-refractivity contribution in [2.24, 2.45) is 5.92 Å². The molecule has 4 aliphatic rings. The van der Waals surface area contributed by atoms with Gasteiger partial charge in [0.2, 0.25) is 0 Å². The number of nitrogens with one attached hydrogen (secondary N) is 1. The highest BCUT2D eigenvalue weighted by molar-refractivity contribution is 5.82. The highest BCUT2D eigenvalue weighted by atomic mass is 15.4. The molecule has 0 radical (unpaired) electrons. The number of para-hydroxylation sites is 2. The van der Waals surface area contributed by atoms with E-state index in [9.17, 15) is 0 Å². The van der Waals surface area contributed by atoms with E-state index >= 15 is 0 Å². The molecule has 2 aliphatic carbocycles. The minimum Gasteiger partial charge on any atom is -0.360 e. The van der Waals surface area contributed by atoms with Crippen molar-refractivity contribution in [1.82, 2.24) is 0 Å². The van der Waals surface area contributed by atoms with Gasteiger partial charge >= 0.3 is 0 Å². The van der Waals surface area contributed by atoms with Crippen LogP contribution in [0.2, 0.25) is 0 Å². The molecule has 2 aromatic rings. The molecular formula is C25H28N2. The van der Waals surface area contributed by atoms with Crippen LogP contribution in [0, 0.1) is 5.92 Å². The molecule has 138 valence electrons. The summed E-state index contributed by atoms with van der Waals surface area (Å²) in [7, 11) is 0. The summed E-state index contributed by atoms with van der Waals surface area (Å²) in [4.78, 5) is 2.78. The van der Waals surface area contributed by atoms with Gasteiger partial charge in [-0.15, -0.1) is 0 Å². The van der Waals surface area contributed by atoms with E-state index in [4.69, 9.17) is 0 Å². The molecule has 3 atom stereocenters.